The topological polar surface area (TPSA) is 65.5 Å². The van der Waals surface area contributed by atoms with Gasteiger partial charge in [0.15, 0.2) is 0 Å². The molecule has 2 N–H and O–H groups in total. The summed E-state index contributed by atoms with van der Waals surface area (Å²) in [6.07, 6.45) is 13.7. The Labute approximate surface area is 143 Å². The third kappa shape index (κ3) is 4.81. The third-order valence-electron chi connectivity index (χ3n) is 5.10. The van der Waals surface area contributed by atoms with Gasteiger partial charge >= 0.3 is 5.97 Å². The number of likely N-dealkylation sites (tertiary alicyclic amines) is 1. The van der Waals surface area contributed by atoms with Crippen molar-refractivity contribution in [1.29, 1.82) is 0 Å². The van der Waals surface area contributed by atoms with E-state index in [0.29, 0.717) is 6.04 Å². The number of pyridine rings is 1. The van der Waals surface area contributed by atoms with Crippen LogP contribution >= 0.6 is 0 Å². The van der Waals surface area contributed by atoms with Crippen LogP contribution < -0.4 is 5.32 Å². The van der Waals surface area contributed by atoms with Gasteiger partial charge in [-0.3, -0.25) is 4.90 Å². The third-order valence-corrected chi connectivity index (χ3v) is 5.10. The standard InChI is InChI=1S/C19H27N3O2/c23-19(24)11-9-15-8-10-18(20-13-15)21-16-5-4-12-22(14-16)17-6-2-1-3-7-17/h8-11,13,16-17H,1-7,12,14H2,(H,20,21)(H,23,24)/b11-9+/t16-/m1/s1. The summed E-state index contributed by atoms with van der Waals surface area (Å²) in [5.74, 6) is -0.0693. The minimum absolute atomic E-state index is 0.452. The van der Waals surface area contributed by atoms with Crippen LogP contribution in [0.2, 0.25) is 0 Å². The van der Waals surface area contributed by atoms with E-state index in [1.165, 1.54) is 51.5 Å². The predicted molar refractivity (Wildman–Crippen MR) is 96.0 cm³/mol. The Morgan fingerprint density at radius 2 is 2.04 bits per heavy atom. The quantitative estimate of drug-likeness (QED) is 0.811. The smallest absolute Gasteiger partial charge is 0.328 e. The number of carboxylic acid groups (broad SMARTS) is 1. The van der Waals surface area contributed by atoms with E-state index in [1.807, 2.05) is 12.1 Å². The number of nitrogens with one attached hydrogen (secondary N) is 1. The van der Waals surface area contributed by atoms with Gasteiger partial charge in [-0.2, -0.15) is 0 Å². The summed E-state index contributed by atoms with van der Waals surface area (Å²) in [6, 6.07) is 5.06. The molecule has 1 aromatic heterocycles. The van der Waals surface area contributed by atoms with E-state index in [4.69, 9.17) is 5.11 Å². The molecule has 1 aliphatic heterocycles. The molecular weight excluding hydrogens is 302 g/mol. The van der Waals surface area contributed by atoms with E-state index >= 15 is 0 Å². The van der Waals surface area contributed by atoms with Crippen molar-refractivity contribution in [2.75, 3.05) is 18.4 Å². The van der Waals surface area contributed by atoms with Gasteiger partial charge in [0.1, 0.15) is 5.82 Å². The molecule has 2 heterocycles. The number of carbonyl (C=O) groups is 1. The number of nitrogens with zero attached hydrogens (tertiary/aromatic N) is 2. The van der Waals surface area contributed by atoms with Crippen LogP contribution in [0.25, 0.3) is 6.08 Å². The average molecular weight is 329 g/mol. The highest BCUT2D eigenvalue weighted by Gasteiger charge is 2.26. The Bertz CT molecular complexity index is 564. The van der Waals surface area contributed by atoms with E-state index in [9.17, 15) is 4.79 Å². The largest absolute Gasteiger partial charge is 0.478 e. The van der Waals surface area contributed by atoms with Gasteiger partial charge in [0.25, 0.3) is 0 Å². The second kappa shape index (κ2) is 8.29. The minimum Gasteiger partial charge on any atom is -0.478 e. The lowest BCUT2D eigenvalue weighted by Gasteiger charge is -2.40. The zero-order chi connectivity index (χ0) is 16.8. The van der Waals surface area contributed by atoms with Gasteiger partial charge in [-0.25, -0.2) is 9.78 Å². The van der Waals surface area contributed by atoms with Crippen molar-refractivity contribution in [2.45, 2.75) is 57.0 Å². The zero-order valence-electron chi connectivity index (χ0n) is 14.2. The van der Waals surface area contributed by atoms with Crippen LogP contribution in [-0.2, 0) is 4.79 Å². The fourth-order valence-electron chi connectivity index (χ4n) is 3.87. The highest BCUT2D eigenvalue weighted by atomic mass is 16.4. The molecular formula is C19H27N3O2. The molecule has 0 unspecified atom stereocenters. The lowest BCUT2D eigenvalue weighted by molar-refractivity contribution is -0.131. The number of carboxylic acids is 1. The van der Waals surface area contributed by atoms with Gasteiger partial charge in [-0.1, -0.05) is 19.3 Å². The van der Waals surface area contributed by atoms with Gasteiger partial charge in [-0.05, 0) is 56.0 Å². The summed E-state index contributed by atoms with van der Waals surface area (Å²) in [5.41, 5.74) is 0.801. The molecule has 24 heavy (non-hydrogen) atoms. The van der Waals surface area contributed by atoms with Crippen molar-refractivity contribution in [2.24, 2.45) is 0 Å². The number of rotatable bonds is 5. The number of hydrogen-bond acceptors (Lipinski definition) is 4. The normalized spacial score (nSPS) is 23.4. The molecule has 0 bridgehead atoms. The van der Waals surface area contributed by atoms with Gasteiger partial charge in [0, 0.05) is 30.9 Å². The van der Waals surface area contributed by atoms with Crippen LogP contribution in [0.15, 0.2) is 24.4 Å². The van der Waals surface area contributed by atoms with Crippen LogP contribution in [0, 0.1) is 0 Å². The SMILES string of the molecule is O=C(O)/C=C/c1ccc(N[C@@H]2CCCN(C3CCCCC3)C2)nc1. The van der Waals surface area contributed by atoms with Crippen molar-refractivity contribution in [3.63, 3.8) is 0 Å². The van der Waals surface area contributed by atoms with Crippen molar-refractivity contribution >= 4 is 17.9 Å². The second-order valence-electron chi connectivity index (χ2n) is 6.92. The summed E-state index contributed by atoms with van der Waals surface area (Å²) in [6.45, 7) is 2.34. The maximum atomic E-state index is 10.5. The molecule has 3 rings (SSSR count). The Balaban J connectivity index is 1.54. The Hall–Kier alpha value is -1.88. The first-order chi connectivity index (χ1) is 11.7. The number of anilines is 1. The predicted octanol–water partition coefficient (Wildman–Crippen LogP) is 3.39. The van der Waals surface area contributed by atoms with Crippen LogP contribution in [-0.4, -0.2) is 46.1 Å². The van der Waals surface area contributed by atoms with Gasteiger partial charge in [0.2, 0.25) is 0 Å². The molecule has 0 radical (unpaired) electrons. The molecule has 0 amide bonds. The fourth-order valence-corrected chi connectivity index (χ4v) is 3.87. The number of hydrogen-bond donors (Lipinski definition) is 2. The summed E-state index contributed by atoms with van der Waals surface area (Å²) < 4.78 is 0. The second-order valence-corrected chi connectivity index (χ2v) is 6.92. The average Bonchev–Trinajstić information content (AvgIpc) is 2.62. The van der Waals surface area contributed by atoms with E-state index in [2.05, 4.69) is 15.2 Å². The lowest BCUT2D eigenvalue weighted by Crippen LogP contribution is -2.47. The fraction of sp³-hybridized carbons (Fsp3) is 0.579. The molecule has 5 nitrogen and oxygen atoms in total. The van der Waals surface area contributed by atoms with Gasteiger partial charge in [0.05, 0.1) is 0 Å². The first kappa shape index (κ1) is 17.0. The molecule has 1 aromatic rings. The minimum atomic E-state index is -0.942. The van der Waals surface area contributed by atoms with Crippen LogP contribution in [0.4, 0.5) is 5.82 Å². The number of aliphatic carboxylic acids is 1. The summed E-state index contributed by atoms with van der Waals surface area (Å²) in [7, 11) is 0. The number of piperidine rings is 1. The first-order valence-electron chi connectivity index (χ1n) is 9.08. The van der Waals surface area contributed by atoms with Crippen molar-refractivity contribution < 1.29 is 9.90 Å². The van der Waals surface area contributed by atoms with Crippen molar-refractivity contribution in [3.8, 4) is 0 Å². The maximum absolute atomic E-state index is 10.5. The monoisotopic (exact) mass is 329 g/mol. The van der Waals surface area contributed by atoms with E-state index in [-0.39, 0.29) is 0 Å². The van der Waals surface area contributed by atoms with Crippen LogP contribution in [0.1, 0.15) is 50.5 Å². The molecule has 2 aliphatic rings. The summed E-state index contributed by atoms with van der Waals surface area (Å²) >= 11 is 0. The van der Waals surface area contributed by atoms with E-state index < -0.39 is 5.97 Å². The van der Waals surface area contributed by atoms with Gasteiger partial charge in [-0.15, -0.1) is 0 Å². The molecule has 0 spiro atoms. The first-order valence-corrected chi connectivity index (χ1v) is 9.08. The van der Waals surface area contributed by atoms with Crippen molar-refractivity contribution in [1.82, 2.24) is 9.88 Å². The van der Waals surface area contributed by atoms with Crippen LogP contribution in [0.5, 0.6) is 0 Å². The molecule has 1 aliphatic carbocycles. The molecule has 1 saturated heterocycles. The zero-order valence-corrected chi connectivity index (χ0v) is 14.2. The molecule has 130 valence electrons. The van der Waals surface area contributed by atoms with Crippen molar-refractivity contribution in [3.05, 3.63) is 30.0 Å². The molecule has 1 atom stereocenters. The Morgan fingerprint density at radius 1 is 1.21 bits per heavy atom. The summed E-state index contributed by atoms with van der Waals surface area (Å²) in [4.78, 5) is 17.6. The van der Waals surface area contributed by atoms with E-state index in [0.717, 1.165) is 30.0 Å². The van der Waals surface area contributed by atoms with Crippen LogP contribution in [0.3, 0.4) is 0 Å². The molecule has 2 fully saturated rings. The van der Waals surface area contributed by atoms with E-state index in [1.54, 1.807) is 12.3 Å². The lowest BCUT2D eigenvalue weighted by atomic mass is 9.92. The number of aromatic nitrogens is 1. The molecule has 5 heteroatoms. The molecule has 0 aromatic carbocycles. The summed E-state index contributed by atoms with van der Waals surface area (Å²) in [5, 5.41) is 12.2. The molecule has 1 saturated carbocycles. The maximum Gasteiger partial charge on any atom is 0.328 e. The van der Waals surface area contributed by atoms with Gasteiger partial charge < -0.3 is 10.4 Å². The highest BCUT2D eigenvalue weighted by molar-refractivity contribution is 5.85. The Morgan fingerprint density at radius 3 is 2.75 bits per heavy atom. The Kier molecular flexibility index (Phi) is 5.86. The highest BCUT2D eigenvalue weighted by Crippen LogP contribution is 2.26.